The van der Waals surface area contributed by atoms with E-state index in [4.69, 9.17) is 4.74 Å². The number of rotatable bonds is 5. The summed E-state index contributed by atoms with van der Waals surface area (Å²) in [6.45, 7) is 4.24. The smallest absolute Gasteiger partial charge is 0.269 e. The maximum atomic E-state index is 12.4. The van der Waals surface area contributed by atoms with Gasteiger partial charge in [-0.1, -0.05) is 13.8 Å². The summed E-state index contributed by atoms with van der Waals surface area (Å²) in [6.07, 6.45) is 0. The highest BCUT2D eigenvalue weighted by molar-refractivity contribution is 6.21. The largest absolute Gasteiger partial charge is 0.457 e. The van der Waals surface area contributed by atoms with E-state index in [-0.39, 0.29) is 23.4 Å². The van der Waals surface area contributed by atoms with Crippen LogP contribution < -0.4 is 4.74 Å². The van der Waals surface area contributed by atoms with Gasteiger partial charge in [0.15, 0.2) is 0 Å². The summed E-state index contributed by atoms with van der Waals surface area (Å²) in [7, 11) is 0. The van der Waals surface area contributed by atoms with Gasteiger partial charge in [-0.15, -0.1) is 0 Å². The SMILES string of the molecule is CC(C)CN1C(=O)c2ccc(Oc3ccc([N+](=O)[O-])cc3)cc2C1=O. The quantitative estimate of drug-likeness (QED) is 0.471. The first-order valence-corrected chi connectivity index (χ1v) is 7.79. The normalized spacial score (nSPS) is 13.3. The van der Waals surface area contributed by atoms with Gasteiger partial charge in [0.1, 0.15) is 11.5 Å². The minimum absolute atomic E-state index is 0.0357. The first-order chi connectivity index (χ1) is 11.9. The fourth-order valence-corrected chi connectivity index (χ4v) is 2.64. The molecule has 2 amide bonds. The van der Waals surface area contributed by atoms with Gasteiger partial charge in [-0.25, -0.2) is 0 Å². The van der Waals surface area contributed by atoms with E-state index < -0.39 is 4.92 Å². The predicted octanol–water partition coefficient (Wildman–Crippen LogP) is 3.64. The van der Waals surface area contributed by atoms with E-state index >= 15 is 0 Å². The van der Waals surface area contributed by atoms with E-state index in [1.807, 2.05) is 13.8 Å². The molecule has 0 unspecified atom stereocenters. The lowest BCUT2D eigenvalue weighted by atomic mass is 10.1. The van der Waals surface area contributed by atoms with Crippen LogP contribution in [-0.2, 0) is 0 Å². The van der Waals surface area contributed by atoms with Crippen molar-refractivity contribution >= 4 is 17.5 Å². The molecule has 7 nitrogen and oxygen atoms in total. The summed E-state index contributed by atoms with van der Waals surface area (Å²) in [5, 5.41) is 10.7. The molecule has 3 rings (SSSR count). The predicted molar refractivity (Wildman–Crippen MR) is 89.8 cm³/mol. The van der Waals surface area contributed by atoms with E-state index in [1.54, 1.807) is 12.1 Å². The molecule has 0 bridgehead atoms. The molecular weight excluding hydrogens is 324 g/mol. The van der Waals surface area contributed by atoms with Crippen molar-refractivity contribution in [1.82, 2.24) is 4.90 Å². The molecule has 25 heavy (non-hydrogen) atoms. The average Bonchev–Trinajstić information content (AvgIpc) is 2.80. The van der Waals surface area contributed by atoms with Crippen LogP contribution in [0.2, 0.25) is 0 Å². The van der Waals surface area contributed by atoms with Crippen molar-refractivity contribution in [2.45, 2.75) is 13.8 Å². The Morgan fingerprint density at radius 1 is 1.00 bits per heavy atom. The van der Waals surface area contributed by atoms with Crippen molar-refractivity contribution in [3.05, 3.63) is 63.7 Å². The van der Waals surface area contributed by atoms with Crippen LogP contribution in [-0.4, -0.2) is 28.2 Å². The Balaban J connectivity index is 1.83. The van der Waals surface area contributed by atoms with Crippen molar-refractivity contribution < 1.29 is 19.2 Å². The van der Waals surface area contributed by atoms with Gasteiger partial charge in [-0.2, -0.15) is 0 Å². The minimum atomic E-state index is -0.493. The van der Waals surface area contributed by atoms with Gasteiger partial charge in [-0.05, 0) is 36.2 Å². The van der Waals surface area contributed by atoms with Gasteiger partial charge in [0.05, 0.1) is 16.1 Å². The third-order valence-corrected chi connectivity index (χ3v) is 3.77. The number of ether oxygens (including phenoxy) is 1. The number of amides is 2. The van der Waals surface area contributed by atoms with Crippen LogP contribution in [0.25, 0.3) is 0 Å². The Labute approximate surface area is 144 Å². The molecule has 0 spiro atoms. The molecular formula is C18H16N2O5. The van der Waals surface area contributed by atoms with Crippen LogP contribution in [0.5, 0.6) is 11.5 Å². The summed E-state index contributed by atoms with van der Waals surface area (Å²) < 4.78 is 5.63. The van der Waals surface area contributed by atoms with Crippen LogP contribution in [0.1, 0.15) is 34.6 Å². The van der Waals surface area contributed by atoms with Crippen molar-refractivity contribution in [1.29, 1.82) is 0 Å². The van der Waals surface area contributed by atoms with Crippen LogP contribution in [0, 0.1) is 16.0 Å². The maximum Gasteiger partial charge on any atom is 0.269 e. The number of carbonyl (C=O) groups excluding carboxylic acids is 2. The maximum absolute atomic E-state index is 12.4. The zero-order valence-electron chi connectivity index (χ0n) is 13.8. The Morgan fingerprint density at radius 2 is 1.60 bits per heavy atom. The molecule has 2 aromatic rings. The van der Waals surface area contributed by atoms with E-state index in [0.29, 0.717) is 29.2 Å². The van der Waals surface area contributed by atoms with Crippen LogP contribution >= 0.6 is 0 Å². The monoisotopic (exact) mass is 340 g/mol. The van der Waals surface area contributed by atoms with Crippen LogP contribution in [0.4, 0.5) is 5.69 Å². The highest BCUT2D eigenvalue weighted by Gasteiger charge is 2.35. The molecule has 0 saturated heterocycles. The standard InChI is InChI=1S/C18H16N2O5/c1-11(2)10-19-17(21)15-8-7-14(9-16(15)18(19)22)25-13-5-3-12(4-6-13)20(23)24/h3-9,11H,10H2,1-2H3. The number of nitrogens with zero attached hydrogens (tertiary/aromatic N) is 2. The van der Waals surface area contributed by atoms with Crippen molar-refractivity contribution in [3.63, 3.8) is 0 Å². The summed E-state index contributed by atoms with van der Waals surface area (Å²) in [5.74, 6) is 0.345. The van der Waals surface area contributed by atoms with Gasteiger partial charge < -0.3 is 4.74 Å². The number of benzene rings is 2. The van der Waals surface area contributed by atoms with Crippen molar-refractivity contribution in [2.24, 2.45) is 5.92 Å². The lowest BCUT2D eigenvalue weighted by molar-refractivity contribution is -0.384. The molecule has 0 N–H and O–H groups in total. The molecule has 1 aliphatic rings. The van der Waals surface area contributed by atoms with E-state index in [2.05, 4.69) is 0 Å². The lowest BCUT2D eigenvalue weighted by Crippen LogP contribution is -2.33. The first kappa shape index (κ1) is 16.6. The number of imide groups is 1. The van der Waals surface area contributed by atoms with Crippen molar-refractivity contribution in [3.8, 4) is 11.5 Å². The number of hydrogen-bond donors (Lipinski definition) is 0. The third kappa shape index (κ3) is 3.21. The molecule has 1 aliphatic heterocycles. The molecule has 0 aromatic heterocycles. The summed E-state index contributed by atoms with van der Waals surface area (Å²) in [6, 6.07) is 10.3. The molecule has 128 valence electrons. The molecule has 7 heteroatoms. The summed E-state index contributed by atoms with van der Waals surface area (Å²) in [5.41, 5.74) is 0.637. The molecule has 0 atom stereocenters. The van der Waals surface area contributed by atoms with Crippen LogP contribution in [0.3, 0.4) is 0 Å². The van der Waals surface area contributed by atoms with Gasteiger partial charge in [0.2, 0.25) is 0 Å². The topological polar surface area (TPSA) is 89.8 Å². The lowest BCUT2D eigenvalue weighted by Gasteiger charge is -2.15. The minimum Gasteiger partial charge on any atom is -0.457 e. The molecule has 0 fully saturated rings. The second-order valence-electron chi connectivity index (χ2n) is 6.18. The van der Waals surface area contributed by atoms with E-state index in [9.17, 15) is 19.7 Å². The molecule has 0 saturated carbocycles. The zero-order chi connectivity index (χ0) is 18.1. The number of hydrogen-bond acceptors (Lipinski definition) is 5. The third-order valence-electron chi connectivity index (χ3n) is 3.77. The number of nitro benzene ring substituents is 1. The molecule has 0 radical (unpaired) electrons. The van der Waals surface area contributed by atoms with E-state index in [1.165, 1.54) is 35.2 Å². The fourth-order valence-electron chi connectivity index (χ4n) is 2.64. The summed E-state index contributed by atoms with van der Waals surface area (Å²) in [4.78, 5) is 36.2. The molecule has 1 heterocycles. The zero-order valence-corrected chi connectivity index (χ0v) is 13.8. The Hall–Kier alpha value is -3.22. The second kappa shape index (κ2) is 6.35. The Morgan fingerprint density at radius 3 is 2.20 bits per heavy atom. The van der Waals surface area contributed by atoms with Crippen molar-refractivity contribution in [2.75, 3.05) is 6.54 Å². The highest BCUT2D eigenvalue weighted by atomic mass is 16.6. The fraction of sp³-hybridized carbons (Fsp3) is 0.222. The second-order valence-corrected chi connectivity index (χ2v) is 6.18. The van der Waals surface area contributed by atoms with Gasteiger partial charge in [0.25, 0.3) is 17.5 Å². The average molecular weight is 340 g/mol. The van der Waals surface area contributed by atoms with Gasteiger partial charge >= 0.3 is 0 Å². The molecule has 2 aromatic carbocycles. The Kier molecular flexibility index (Phi) is 4.22. The van der Waals surface area contributed by atoms with Crippen LogP contribution in [0.15, 0.2) is 42.5 Å². The summed E-state index contributed by atoms with van der Waals surface area (Å²) >= 11 is 0. The number of nitro groups is 1. The number of carbonyl (C=O) groups is 2. The van der Waals surface area contributed by atoms with E-state index in [0.717, 1.165) is 0 Å². The first-order valence-electron chi connectivity index (χ1n) is 7.79. The molecule has 0 aliphatic carbocycles. The number of non-ortho nitro benzene ring substituents is 1. The van der Waals surface area contributed by atoms with Gasteiger partial charge in [0, 0.05) is 18.7 Å². The highest BCUT2D eigenvalue weighted by Crippen LogP contribution is 2.30. The van der Waals surface area contributed by atoms with Gasteiger partial charge in [-0.3, -0.25) is 24.6 Å². The number of fused-ring (bicyclic) bond motifs is 1. The Bertz CT molecular complexity index is 858.